The van der Waals surface area contributed by atoms with Crippen LogP contribution in [0.4, 0.5) is 0 Å². The van der Waals surface area contributed by atoms with Crippen molar-refractivity contribution in [1.29, 1.82) is 0 Å². The van der Waals surface area contributed by atoms with Crippen molar-refractivity contribution in [1.82, 2.24) is 4.72 Å². The molecule has 148 valence electrons. The smallest absolute Gasteiger partial charge is 0.304 e. The molecule has 2 unspecified atom stereocenters. The second-order valence-corrected chi connectivity index (χ2v) is 10.1. The van der Waals surface area contributed by atoms with E-state index < -0.39 is 24.4 Å². The van der Waals surface area contributed by atoms with Crippen LogP contribution in [0.2, 0.25) is 0 Å². The van der Waals surface area contributed by atoms with Gasteiger partial charge in [0.1, 0.15) is 16.8 Å². The van der Waals surface area contributed by atoms with Crippen molar-refractivity contribution >= 4 is 18.6 Å². The molecular weight excluding hydrogens is 381 g/mol. The Kier molecular flexibility index (Phi) is 7.95. The van der Waals surface area contributed by atoms with E-state index in [1.54, 1.807) is 39.8 Å². The van der Waals surface area contributed by atoms with Crippen molar-refractivity contribution in [3.63, 3.8) is 0 Å². The molecule has 0 radical (unpaired) electrons. The molecule has 5 nitrogen and oxygen atoms in total. The summed E-state index contributed by atoms with van der Waals surface area (Å²) in [7, 11) is -5.23. The van der Waals surface area contributed by atoms with Gasteiger partial charge in [-0.15, -0.1) is 0 Å². The van der Waals surface area contributed by atoms with Crippen molar-refractivity contribution in [2.75, 3.05) is 0 Å². The highest BCUT2D eigenvalue weighted by molar-refractivity contribution is 7.83. The first-order valence-corrected chi connectivity index (χ1v) is 11.7. The van der Waals surface area contributed by atoms with Gasteiger partial charge >= 0.3 is 7.60 Å². The quantitative estimate of drug-likeness (QED) is 0.567. The summed E-state index contributed by atoms with van der Waals surface area (Å²) in [5.74, 6) is -0.856. The Hall–Kier alpha value is -1.30. The van der Waals surface area contributed by atoms with Crippen LogP contribution in [0.25, 0.3) is 0 Å². The molecule has 0 aliphatic heterocycles. The van der Waals surface area contributed by atoms with Crippen LogP contribution in [0.15, 0.2) is 59.5 Å². The lowest BCUT2D eigenvalue weighted by atomic mass is 10.2. The van der Waals surface area contributed by atoms with Crippen LogP contribution in [0.3, 0.4) is 0 Å². The summed E-state index contributed by atoms with van der Waals surface area (Å²) in [6.45, 7) is 9.17. The zero-order chi connectivity index (χ0) is 20.0. The van der Waals surface area contributed by atoms with Gasteiger partial charge < -0.3 is 9.05 Å². The molecule has 27 heavy (non-hydrogen) atoms. The van der Waals surface area contributed by atoms with Gasteiger partial charge in [-0.25, -0.2) is 8.93 Å². The van der Waals surface area contributed by atoms with Gasteiger partial charge in [-0.2, -0.15) is 0 Å². The monoisotopic (exact) mass is 409 g/mol. The van der Waals surface area contributed by atoms with Crippen LogP contribution in [-0.4, -0.2) is 16.4 Å². The summed E-state index contributed by atoms with van der Waals surface area (Å²) < 4.78 is 41.1. The molecule has 0 bridgehead atoms. The molecule has 2 atom stereocenters. The molecule has 2 aromatic rings. The number of hydrogen-bond donors (Lipinski definition) is 1. The Balaban J connectivity index is 2.42. The van der Waals surface area contributed by atoms with Crippen LogP contribution in [-0.2, 0) is 24.6 Å². The van der Waals surface area contributed by atoms with Gasteiger partial charge in [0, 0.05) is 0 Å². The SMILES string of the molecule is Cc1ccc(S(=O)NC(c2ccccc2)P(=O)(OC(C)C)OC(C)C)cc1. The normalized spacial score (nSPS) is 14.5. The highest BCUT2D eigenvalue weighted by atomic mass is 32.2. The maximum absolute atomic E-state index is 13.7. The molecule has 2 rings (SSSR count). The van der Waals surface area contributed by atoms with Crippen molar-refractivity contribution in [2.45, 2.75) is 57.5 Å². The van der Waals surface area contributed by atoms with Crippen molar-refractivity contribution < 1.29 is 17.8 Å². The van der Waals surface area contributed by atoms with E-state index in [2.05, 4.69) is 4.72 Å². The zero-order valence-electron chi connectivity index (χ0n) is 16.4. The topological polar surface area (TPSA) is 64.6 Å². The predicted octanol–water partition coefficient (Wildman–Crippen LogP) is 5.35. The lowest BCUT2D eigenvalue weighted by Gasteiger charge is -2.30. The maximum Gasteiger partial charge on any atom is 0.353 e. The van der Waals surface area contributed by atoms with Crippen molar-refractivity contribution in [2.24, 2.45) is 0 Å². The lowest BCUT2D eigenvalue weighted by molar-refractivity contribution is 0.135. The molecule has 0 aromatic heterocycles. The lowest BCUT2D eigenvalue weighted by Crippen LogP contribution is -2.27. The fourth-order valence-electron chi connectivity index (χ4n) is 2.52. The minimum atomic E-state index is -3.65. The van der Waals surface area contributed by atoms with Gasteiger partial charge in [-0.1, -0.05) is 48.0 Å². The summed E-state index contributed by atoms with van der Waals surface area (Å²) in [4.78, 5) is 0.599. The van der Waals surface area contributed by atoms with E-state index in [1.165, 1.54) is 0 Å². The van der Waals surface area contributed by atoms with Crippen LogP contribution >= 0.6 is 7.60 Å². The predicted molar refractivity (Wildman–Crippen MR) is 110 cm³/mol. The molecule has 0 saturated carbocycles. The first kappa shape index (κ1) is 22.0. The first-order valence-electron chi connectivity index (χ1n) is 8.97. The van der Waals surface area contributed by atoms with Gasteiger partial charge in [0.05, 0.1) is 17.1 Å². The van der Waals surface area contributed by atoms with E-state index in [1.807, 2.05) is 49.4 Å². The Morgan fingerprint density at radius 1 is 0.889 bits per heavy atom. The first-order chi connectivity index (χ1) is 12.7. The van der Waals surface area contributed by atoms with Crippen LogP contribution in [0.1, 0.15) is 44.6 Å². The molecule has 0 amide bonds. The Bertz CT molecular complexity index is 779. The summed E-state index contributed by atoms with van der Waals surface area (Å²) >= 11 is 0. The number of rotatable bonds is 9. The molecule has 7 heteroatoms. The maximum atomic E-state index is 13.7. The third-order valence-corrected chi connectivity index (χ3v) is 7.42. The number of aryl methyl sites for hydroxylation is 1. The van der Waals surface area contributed by atoms with Crippen molar-refractivity contribution in [3.8, 4) is 0 Å². The van der Waals surface area contributed by atoms with Crippen LogP contribution in [0.5, 0.6) is 0 Å². The molecule has 0 spiro atoms. The average molecular weight is 409 g/mol. The molecule has 0 heterocycles. The molecular formula is C20H28NO4PS. The largest absolute Gasteiger partial charge is 0.353 e. The molecule has 0 aliphatic carbocycles. The summed E-state index contributed by atoms with van der Waals surface area (Å²) in [5.41, 5.74) is 1.77. The highest BCUT2D eigenvalue weighted by Gasteiger charge is 2.40. The van der Waals surface area contributed by atoms with Crippen molar-refractivity contribution in [3.05, 3.63) is 65.7 Å². The third-order valence-electron chi connectivity index (χ3n) is 3.60. The van der Waals surface area contributed by atoms with E-state index in [-0.39, 0.29) is 12.2 Å². The summed E-state index contributed by atoms with van der Waals surface area (Å²) in [6.07, 6.45) is -0.620. The second-order valence-electron chi connectivity index (χ2n) is 6.86. The van der Waals surface area contributed by atoms with Gasteiger partial charge in [0.2, 0.25) is 0 Å². The number of hydrogen-bond acceptors (Lipinski definition) is 4. The Morgan fingerprint density at radius 3 is 1.89 bits per heavy atom. The van der Waals surface area contributed by atoms with E-state index >= 15 is 0 Å². The minimum absolute atomic E-state index is 0.310. The molecule has 0 fully saturated rings. The fraction of sp³-hybridized carbons (Fsp3) is 0.400. The molecule has 0 aliphatic rings. The molecule has 0 saturated heterocycles. The zero-order valence-corrected chi connectivity index (χ0v) is 18.1. The van der Waals surface area contributed by atoms with Crippen LogP contribution in [0, 0.1) is 6.92 Å². The van der Waals surface area contributed by atoms with E-state index in [0.717, 1.165) is 5.56 Å². The van der Waals surface area contributed by atoms with E-state index in [0.29, 0.717) is 10.5 Å². The van der Waals surface area contributed by atoms with Gasteiger partial charge in [-0.05, 0) is 52.3 Å². The average Bonchev–Trinajstić information content (AvgIpc) is 2.59. The minimum Gasteiger partial charge on any atom is -0.304 e. The van der Waals surface area contributed by atoms with E-state index in [4.69, 9.17) is 9.05 Å². The van der Waals surface area contributed by atoms with E-state index in [9.17, 15) is 8.77 Å². The highest BCUT2D eigenvalue weighted by Crippen LogP contribution is 2.61. The number of benzene rings is 2. The van der Waals surface area contributed by atoms with Gasteiger partial charge in [-0.3, -0.25) is 4.57 Å². The second kappa shape index (κ2) is 9.76. The molecule has 1 N–H and O–H groups in total. The standard InChI is InChI=1S/C20H28NO4PS/c1-15(2)24-26(22,25-16(3)4)20(18-9-7-6-8-10-18)21-27(23)19-13-11-17(5)12-14-19/h6-16,20-21H,1-5H3. The molecule has 2 aromatic carbocycles. The van der Waals surface area contributed by atoms with Crippen LogP contribution < -0.4 is 4.72 Å². The Labute approximate surface area is 164 Å². The summed E-state index contributed by atoms with van der Waals surface area (Å²) in [6, 6.07) is 16.6. The Morgan fingerprint density at radius 2 is 1.41 bits per heavy atom. The van der Waals surface area contributed by atoms with Gasteiger partial charge in [0.15, 0.2) is 0 Å². The number of nitrogens with one attached hydrogen (secondary N) is 1. The third kappa shape index (κ3) is 6.37. The fourth-order valence-corrected chi connectivity index (χ4v) is 6.18. The van der Waals surface area contributed by atoms with Gasteiger partial charge in [0.25, 0.3) is 0 Å². The summed E-state index contributed by atoms with van der Waals surface area (Å²) in [5, 5.41) is 0.